The summed E-state index contributed by atoms with van der Waals surface area (Å²) < 4.78 is 0. The van der Waals surface area contributed by atoms with Crippen LogP contribution in [-0.2, 0) is 6.42 Å². The number of rotatable bonds is 4. The van der Waals surface area contributed by atoms with Crippen molar-refractivity contribution in [2.45, 2.75) is 19.8 Å². The predicted octanol–water partition coefficient (Wildman–Crippen LogP) is 3.96. The Morgan fingerprint density at radius 3 is 2.62 bits per heavy atom. The Kier molecular flexibility index (Phi) is 4.84. The zero-order valence-electron chi connectivity index (χ0n) is 7.96. The highest BCUT2D eigenvalue weighted by atomic mass is 79.9. The molecule has 0 unspecified atom stereocenters. The fraction of sp³-hybridized carbons (Fsp3) is 0.333. The molecule has 0 atom stereocenters. The van der Waals surface area contributed by atoms with Crippen LogP contribution in [0.15, 0.2) is 42.0 Å². The summed E-state index contributed by atoms with van der Waals surface area (Å²) in [5.74, 6) is 0. The van der Waals surface area contributed by atoms with E-state index in [1.165, 1.54) is 11.1 Å². The van der Waals surface area contributed by atoms with Gasteiger partial charge in [-0.2, -0.15) is 0 Å². The molecule has 0 heterocycles. The van der Waals surface area contributed by atoms with Crippen molar-refractivity contribution < 1.29 is 0 Å². The molecular weight excluding hydrogens is 224 g/mol. The Morgan fingerprint density at radius 1 is 1.31 bits per heavy atom. The average molecular weight is 239 g/mol. The minimum Gasteiger partial charge on any atom is -0.0925 e. The first-order chi connectivity index (χ1) is 6.33. The van der Waals surface area contributed by atoms with Gasteiger partial charge < -0.3 is 0 Å². The molecule has 1 aromatic carbocycles. The largest absolute Gasteiger partial charge is 0.0925 e. The Labute approximate surface area is 88.8 Å². The van der Waals surface area contributed by atoms with E-state index in [2.05, 4.69) is 59.3 Å². The maximum absolute atomic E-state index is 3.42. The number of halogens is 1. The van der Waals surface area contributed by atoms with E-state index in [9.17, 15) is 0 Å². The van der Waals surface area contributed by atoms with Gasteiger partial charge in [0, 0.05) is 5.33 Å². The summed E-state index contributed by atoms with van der Waals surface area (Å²) >= 11 is 3.42. The number of alkyl halides is 1. The smallest absolute Gasteiger partial charge is 0.00660 e. The van der Waals surface area contributed by atoms with Crippen LogP contribution in [0.1, 0.15) is 18.9 Å². The Balaban J connectivity index is 2.50. The van der Waals surface area contributed by atoms with Crippen molar-refractivity contribution in [1.29, 1.82) is 0 Å². The summed E-state index contributed by atoms with van der Waals surface area (Å²) in [5, 5.41) is 1.05. The first-order valence-corrected chi connectivity index (χ1v) is 5.70. The van der Waals surface area contributed by atoms with E-state index in [0.717, 1.165) is 18.2 Å². The van der Waals surface area contributed by atoms with Crippen molar-refractivity contribution in [2.24, 2.45) is 0 Å². The van der Waals surface area contributed by atoms with Crippen LogP contribution in [0.5, 0.6) is 0 Å². The first-order valence-electron chi connectivity index (χ1n) is 4.58. The van der Waals surface area contributed by atoms with E-state index >= 15 is 0 Å². The lowest BCUT2D eigenvalue weighted by Gasteiger charge is -2.00. The molecule has 0 radical (unpaired) electrons. The third-order valence-corrected chi connectivity index (χ3v) is 2.39. The van der Waals surface area contributed by atoms with Crippen LogP contribution in [0.3, 0.4) is 0 Å². The maximum Gasteiger partial charge on any atom is 0.00660 e. The fourth-order valence-electron chi connectivity index (χ4n) is 1.29. The molecule has 0 aliphatic rings. The normalized spacial score (nSPS) is 11.7. The quantitative estimate of drug-likeness (QED) is 0.551. The molecule has 13 heavy (non-hydrogen) atoms. The Hall–Kier alpha value is -0.560. The van der Waals surface area contributed by atoms with Crippen LogP contribution in [0, 0.1) is 0 Å². The Bertz CT molecular complexity index is 262. The molecule has 0 N–H and O–H groups in total. The van der Waals surface area contributed by atoms with Crippen LogP contribution in [-0.4, -0.2) is 5.33 Å². The third-order valence-electron chi connectivity index (χ3n) is 1.93. The third kappa shape index (κ3) is 4.28. The second-order valence-electron chi connectivity index (χ2n) is 3.19. The Morgan fingerprint density at radius 2 is 2.00 bits per heavy atom. The molecule has 0 spiro atoms. The molecule has 0 nitrogen and oxygen atoms in total. The second kappa shape index (κ2) is 5.98. The predicted molar refractivity (Wildman–Crippen MR) is 62.3 cm³/mol. The molecule has 0 fully saturated rings. The van der Waals surface area contributed by atoms with Gasteiger partial charge in [-0.05, 0) is 25.3 Å². The van der Waals surface area contributed by atoms with Crippen molar-refractivity contribution >= 4 is 15.9 Å². The second-order valence-corrected chi connectivity index (χ2v) is 3.98. The highest BCUT2D eigenvalue weighted by Gasteiger charge is 1.92. The van der Waals surface area contributed by atoms with Crippen LogP contribution in [0.25, 0.3) is 0 Å². The van der Waals surface area contributed by atoms with Gasteiger partial charge in [-0.1, -0.05) is 57.9 Å². The van der Waals surface area contributed by atoms with Crippen molar-refractivity contribution in [1.82, 2.24) is 0 Å². The lowest BCUT2D eigenvalue weighted by molar-refractivity contribution is 1.10. The molecule has 0 bridgehead atoms. The van der Waals surface area contributed by atoms with E-state index in [-0.39, 0.29) is 0 Å². The summed E-state index contributed by atoms with van der Waals surface area (Å²) in [5.41, 5.74) is 2.84. The van der Waals surface area contributed by atoms with Gasteiger partial charge in [0.25, 0.3) is 0 Å². The van der Waals surface area contributed by atoms with Gasteiger partial charge in [0.05, 0.1) is 0 Å². The molecule has 0 aliphatic heterocycles. The highest BCUT2D eigenvalue weighted by molar-refractivity contribution is 9.09. The molecule has 0 aromatic heterocycles. The van der Waals surface area contributed by atoms with E-state index < -0.39 is 0 Å². The van der Waals surface area contributed by atoms with Crippen LogP contribution in [0.2, 0.25) is 0 Å². The molecule has 1 rings (SSSR count). The van der Waals surface area contributed by atoms with Crippen molar-refractivity contribution in [2.75, 3.05) is 5.33 Å². The number of benzene rings is 1. The monoisotopic (exact) mass is 238 g/mol. The first kappa shape index (κ1) is 10.5. The highest BCUT2D eigenvalue weighted by Crippen LogP contribution is 2.08. The van der Waals surface area contributed by atoms with Gasteiger partial charge in [0.2, 0.25) is 0 Å². The van der Waals surface area contributed by atoms with Gasteiger partial charge in [-0.25, -0.2) is 0 Å². The van der Waals surface area contributed by atoms with E-state index in [1.807, 2.05) is 0 Å². The summed E-state index contributed by atoms with van der Waals surface area (Å²) in [4.78, 5) is 0. The molecule has 70 valence electrons. The van der Waals surface area contributed by atoms with Crippen molar-refractivity contribution in [3.63, 3.8) is 0 Å². The molecule has 1 aromatic rings. The summed E-state index contributed by atoms with van der Waals surface area (Å²) in [6.07, 6.45) is 4.49. The van der Waals surface area contributed by atoms with Gasteiger partial charge in [0.1, 0.15) is 0 Å². The standard InChI is InChI=1S/C12H15Br/c1-11(6-5-9-13)10-12-7-3-2-4-8-12/h2-4,6-8H,5,9-10H2,1H3. The lowest BCUT2D eigenvalue weighted by Crippen LogP contribution is -1.86. The van der Waals surface area contributed by atoms with Gasteiger partial charge >= 0.3 is 0 Å². The van der Waals surface area contributed by atoms with Crippen LogP contribution < -0.4 is 0 Å². The van der Waals surface area contributed by atoms with Gasteiger partial charge in [-0.15, -0.1) is 0 Å². The summed E-state index contributed by atoms with van der Waals surface area (Å²) in [6.45, 7) is 2.19. The van der Waals surface area contributed by atoms with Gasteiger partial charge in [-0.3, -0.25) is 0 Å². The maximum atomic E-state index is 3.42. The molecule has 1 heteroatoms. The van der Waals surface area contributed by atoms with Crippen LogP contribution >= 0.6 is 15.9 Å². The minimum absolute atomic E-state index is 1.05. The van der Waals surface area contributed by atoms with Gasteiger partial charge in [0.15, 0.2) is 0 Å². The molecular formula is C12H15Br. The summed E-state index contributed by atoms with van der Waals surface area (Å²) in [6, 6.07) is 10.6. The van der Waals surface area contributed by atoms with E-state index in [1.54, 1.807) is 0 Å². The summed E-state index contributed by atoms with van der Waals surface area (Å²) in [7, 11) is 0. The average Bonchev–Trinajstić information content (AvgIpc) is 2.16. The number of hydrogen-bond donors (Lipinski definition) is 0. The number of hydrogen-bond acceptors (Lipinski definition) is 0. The van der Waals surface area contributed by atoms with E-state index in [4.69, 9.17) is 0 Å². The molecule has 0 aliphatic carbocycles. The van der Waals surface area contributed by atoms with E-state index in [0.29, 0.717) is 0 Å². The zero-order valence-corrected chi connectivity index (χ0v) is 9.55. The molecule has 0 amide bonds. The van der Waals surface area contributed by atoms with Crippen LogP contribution in [0.4, 0.5) is 0 Å². The minimum atomic E-state index is 1.05. The number of allylic oxidation sites excluding steroid dienone is 2. The van der Waals surface area contributed by atoms with Crippen molar-refractivity contribution in [3.05, 3.63) is 47.5 Å². The molecule has 0 saturated heterocycles. The van der Waals surface area contributed by atoms with Crippen molar-refractivity contribution in [3.8, 4) is 0 Å². The SMILES string of the molecule is CC(=CCCBr)Cc1ccccc1. The molecule has 0 saturated carbocycles. The zero-order chi connectivity index (χ0) is 9.52. The lowest BCUT2D eigenvalue weighted by atomic mass is 10.1. The fourth-order valence-corrected chi connectivity index (χ4v) is 1.52. The topological polar surface area (TPSA) is 0 Å².